The van der Waals surface area contributed by atoms with E-state index < -0.39 is 0 Å². The number of hydrogen-bond acceptors (Lipinski definition) is 1. The third-order valence-corrected chi connectivity index (χ3v) is 2.60. The van der Waals surface area contributed by atoms with Gasteiger partial charge in [-0.1, -0.05) is 61.8 Å². The van der Waals surface area contributed by atoms with Crippen LogP contribution in [0.2, 0.25) is 5.02 Å². The lowest BCUT2D eigenvalue weighted by atomic mass is 10.2. The first kappa shape index (κ1) is 19.9. The minimum Gasteiger partial charge on any atom is -0.388 e. The Morgan fingerprint density at radius 1 is 0.737 bits per heavy atom. The Morgan fingerprint density at radius 3 is 1.42 bits per heavy atom. The van der Waals surface area contributed by atoms with Crippen molar-refractivity contribution in [2.75, 3.05) is 12.4 Å². The largest absolute Gasteiger partial charge is 0.388 e. The number of nitrogens with one attached hydrogen (secondary N) is 1. The van der Waals surface area contributed by atoms with E-state index in [4.69, 9.17) is 11.6 Å². The molecule has 0 spiro atoms. The molecule has 1 nitrogen and oxygen atoms in total. The van der Waals surface area contributed by atoms with Crippen LogP contribution in [0.25, 0.3) is 0 Å². The smallest absolute Gasteiger partial charge is 0.0406 e. The van der Waals surface area contributed by atoms with E-state index in [1.165, 1.54) is 16.8 Å². The number of anilines is 1. The first-order chi connectivity index (χ1) is 8.11. The second-order valence-electron chi connectivity index (χ2n) is 3.91. The van der Waals surface area contributed by atoms with Crippen LogP contribution in [0.15, 0.2) is 48.5 Å². The molecule has 0 aliphatic rings. The Morgan fingerprint density at radius 2 is 1.11 bits per heavy atom. The summed E-state index contributed by atoms with van der Waals surface area (Å²) in [4.78, 5) is 0. The lowest BCUT2D eigenvalue weighted by Crippen LogP contribution is -1.85. The Hall–Kier alpha value is -1.47. The first-order valence-electron chi connectivity index (χ1n) is 5.58. The molecule has 0 aliphatic carbocycles. The van der Waals surface area contributed by atoms with E-state index in [-0.39, 0.29) is 14.9 Å². The monoisotopic (exact) mass is 279 g/mol. The van der Waals surface area contributed by atoms with Gasteiger partial charge >= 0.3 is 0 Å². The van der Waals surface area contributed by atoms with Gasteiger partial charge in [0, 0.05) is 17.8 Å². The quantitative estimate of drug-likeness (QED) is 0.679. The molecule has 0 atom stereocenters. The van der Waals surface area contributed by atoms with E-state index in [1.54, 1.807) is 0 Å². The molecule has 0 saturated carbocycles. The lowest BCUT2D eigenvalue weighted by Gasteiger charge is -1.97. The van der Waals surface area contributed by atoms with Gasteiger partial charge in [-0.25, -0.2) is 0 Å². The zero-order valence-corrected chi connectivity index (χ0v) is 11.3. The summed E-state index contributed by atoms with van der Waals surface area (Å²) in [6, 6.07) is 16.1. The summed E-state index contributed by atoms with van der Waals surface area (Å²) >= 11 is 5.61. The average molecular weight is 280 g/mol. The zero-order chi connectivity index (χ0) is 12.7. The Balaban J connectivity index is 0. The highest BCUT2D eigenvalue weighted by atomic mass is 35.5. The fourth-order valence-corrected chi connectivity index (χ4v) is 1.38. The lowest BCUT2D eigenvalue weighted by molar-refractivity contribution is 1.44. The summed E-state index contributed by atoms with van der Waals surface area (Å²) in [6.07, 6.45) is 0. The summed E-state index contributed by atoms with van der Waals surface area (Å²) in [5.41, 5.74) is 3.71. The highest BCUT2D eigenvalue weighted by Crippen LogP contribution is 2.07. The van der Waals surface area contributed by atoms with Crippen molar-refractivity contribution in [2.24, 2.45) is 0 Å². The van der Waals surface area contributed by atoms with E-state index in [9.17, 15) is 0 Å². The third kappa shape index (κ3) is 8.28. The van der Waals surface area contributed by atoms with Crippen LogP contribution in [0.3, 0.4) is 0 Å². The summed E-state index contributed by atoms with van der Waals surface area (Å²) in [5, 5.41) is 3.86. The van der Waals surface area contributed by atoms with Crippen LogP contribution in [0, 0.1) is 13.8 Å². The van der Waals surface area contributed by atoms with Crippen molar-refractivity contribution < 1.29 is 0 Å². The Kier molecular flexibility index (Phi) is 10.9. The standard InChI is InChI=1S/C8H11N.C7H7Cl.2CH4/c1-7-3-5-8(9-2)6-4-7;1-6-2-4-7(8)5-3-6;;/h3-6,9H,1-2H3;2-5H,1H3;2*1H4. The molecule has 0 saturated heterocycles. The fraction of sp³-hybridized carbons (Fsp3) is 0.294. The summed E-state index contributed by atoms with van der Waals surface area (Å²) in [6.45, 7) is 4.12. The second kappa shape index (κ2) is 10.5. The highest BCUT2D eigenvalue weighted by molar-refractivity contribution is 6.30. The van der Waals surface area contributed by atoms with E-state index in [1.807, 2.05) is 38.2 Å². The first-order valence-corrected chi connectivity index (χ1v) is 5.96. The predicted molar refractivity (Wildman–Crippen MR) is 90.4 cm³/mol. The maximum Gasteiger partial charge on any atom is 0.0406 e. The fourth-order valence-electron chi connectivity index (χ4n) is 1.25. The van der Waals surface area contributed by atoms with Crippen molar-refractivity contribution in [2.45, 2.75) is 28.7 Å². The van der Waals surface area contributed by atoms with Crippen LogP contribution in [-0.2, 0) is 0 Å². The molecule has 0 fully saturated rings. The number of benzene rings is 2. The van der Waals surface area contributed by atoms with E-state index in [0.29, 0.717) is 0 Å². The van der Waals surface area contributed by atoms with Gasteiger partial charge in [0.25, 0.3) is 0 Å². The molecule has 1 N–H and O–H groups in total. The van der Waals surface area contributed by atoms with Crippen LogP contribution in [0.4, 0.5) is 5.69 Å². The van der Waals surface area contributed by atoms with Crippen LogP contribution >= 0.6 is 11.6 Å². The van der Waals surface area contributed by atoms with Gasteiger partial charge in [0.05, 0.1) is 0 Å². The molecule has 2 rings (SSSR count). The predicted octanol–water partition coefficient (Wildman–Crippen LogP) is 5.96. The molecule has 0 heterocycles. The second-order valence-corrected chi connectivity index (χ2v) is 4.35. The van der Waals surface area contributed by atoms with Crippen LogP contribution < -0.4 is 5.32 Å². The van der Waals surface area contributed by atoms with E-state index in [2.05, 4.69) is 36.5 Å². The molecule has 2 heteroatoms. The molecule has 2 aromatic rings. The molecule has 2 aromatic carbocycles. The van der Waals surface area contributed by atoms with Crippen molar-refractivity contribution in [1.82, 2.24) is 0 Å². The topological polar surface area (TPSA) is 12.0 Å². The minimum absolute atomic E-state index is 0. The Labute approximate surface area is 123 Å². The number of hydrogen-bond donors (Lipinski definition) is 1. The van der Waals surface area contributed by atoms with Crippen molar-refractivity contribution >= 4 is 17.3 Å². The van der Waals surface area contributed by atoms with Gasteiger partial charge in [0.15, 0.2) is 0 Å². The van der Waals surface area contributed by atoms with Gasteiger partial charge < -0.3 is 5.32 Å². The van der Waals surface area contributed by atoms with Gasteiger partial charge in [0.2, 0.25) is 0 Å². The SMILES string of the molecule is C.C.CNc1ccc(C)cc1.Cc1ccc(Cl)cc1. The zero-order valence-electron chi connectivity index (χ0n) is 10.5. The van der Waals surface area contributed by atoms with Gasteiger partial charge in [0.1, 0.15) is 0 Å². The van der Waals surface area contributed by atoms with Gasteiger partial charge in [-0.3, -0.25) is 0 Å². The normalized spacial score (nSPS) is 8.21. The van der Waals surface area contributed by atoms with Crippen molar-refractivity contribution in [3.63, 3.8) is 0 Å². The van der Waals surface area contributed by atoms with Crippen LogP contribution in [0.5, 0.6) is 0 Å². The van der Waals surface area contributed by atoms with Crippen molar-refractivity contribution in [3.05, 3.63) is 64.7 Å². The molecule has 0 unspecified atom stereocenters. The van der Waals surface area contributed by atoms with Gasteiger partial charge in [-0.15, -0.1) is 0 Å². The maximum absolute atomic E-state index is 5.61. The van der Waals surface area contributed by atoms with Crippen molar-refractivity contribution in [1.29, 1.82) is 0 Å². The number of aryl methyl sites for hydroxylation is 2. The van der Waals surface area contributed by atoms with Crippen LogP contribution in [-0.4, -0.2) is 7.05 Å². The van der Waals surface area contributed by atoms with Gasteiger partial charge in [-0.2, -0.15) is 0 Å². The third-order valence-electron chi connectivity index (χ3n) is 2.35. The molecule has 0 aromatic heterocycles. The summed E-state index contributed by atoms with van der Waals surface area (Å²) < 4.78 is 0. The number of rotatable bonds is 1. The highest BCUT2D eigenvalue weighted by Gasteiger charge is 1.84. The average Bonchev–Trinajstić information content (AvgIpc) is 2.35. The van der Waals surface area contributed by atoms with Crippen molar-refractivity contribution in [3.8, 4) is 0 Å². The number of halogens is 1. The summed E-state index contributed by atoms with van der Waals surface area (Å²) in [7, 11) is 1.92. The molecule has 0 bridgehead atoms. The molecule has 0 amide bonds. The van der Waals surface area contributed by atoms with Crippen LogP contribution in [0.1, 0.15) is 26.0 Å². The molecule has 19 heavy (non-hydrogen) atoms. The molecule has 106 valence electrons. The minimum atomic E-state index is 0. The Bertz CT molecular complexity index is 411. The molecular formula is C17H26ClN. The maximum atomic E-state index is 5.61. The summed E-state index contributed by atoms with van der Waals surface area (Å²) in [5.74, 6) is 0. The van der Waals surface area contributed by atoms with Gasteiger partial charge in [-0.05, 0) is 38.1 Å². The van der Waals surface area contributed by atoms with E-state index >= 15 is 0 Å². The molecular weight excluding hydrogens is 254 g/mol. The van der Waals surface area contributed by atoms with E-state index in [0.717, 1.165) is 5.02 Å². The molecule has 0 radical (unpaired) electrons. The molecule has 0 aliphatic heterocycles.